The predicted molar refractivity (Wildman–Crippen MR) is 402 cm³/mol. The number of nitrogens with one attached hydrogen (secondary N) is 4. The zero-order valence-corrected chi connectivity index (χ0v) is 59.9. The van der Waals surface area contributed by atoms with Gasteiger partial charge in [-0.3, -0.25) is 0 Å². The average Bonchev–Trinajstić information content (AvgIpc) is 0.803. The van der Waals surface area contributed by atoms with Gasteiger partial charge >= 0.3 is 0 Å². The van der Waals surface area contributed by atoms with Gasteiger partial charge in [-0.15, -0.1) is 49.6 Å². The fourth-order valence-corrected chi connectivity index (χ4v) is 14.5. The van der Waals surface area contributed by atoms with E-state index in [1.807, 2.05) is 121 Å². The van der Waals surface area contributed by atoms with Crippen LogP contribution in [0.2, 0.25) is 0 Å². The number of rotatable bonds is 29. The molecule has 534 valence electrons. The molecule has 12 N–H and O–H groups in total. The van der Waals surface area contributed by atoms with Gasteiger partial charge in [0.2, 0.25) is 0 Å². The van der Waals surface area contributed by atoms with Crippen molar-refractivity contribution in [2.24, 2.45) is 11.8 Å². The van der Waals surface area contributed by atoms with E-state index in [9.17, 15) is 0 Å². The molecule has 6 atom stereocenters. The molecule has 20 heteroatoms. The van der Waals surface area contributed by atoms with Gasteiger partial charge in [-0.25, -0.2) is 0 Å². The summed E-state index contributed by atoms with van der Waals surface area (Å²) in [5.41, 5.74) is 10.7. The lowest BCUT2D eigenvalue weighted by Crippen LogP contribution is -2.35. The third-order valence-electron chi connectivity index (χ3n) is 19.1. The Morgan fingerprint density at radius 2 is 0.551 bits per heavy atom. The lowest BCUT2D eigenvalue weighted by molar-refractivity contribution is 0.268. The minimum absolute atomic E-state index is 0. The summed E-state index contributed by atoms with van der Waals surface area (Å²) >= 11 is 0. The summed E-state index contributed by atoms with van der Waals surface area (Å²) in [5, 5.41) is 16.0. The van der Waals surface area contributed by atoms with E-state index in [4.69, 9.17) is 37.9 Å². The minimum atomic E-state index is 0. The zero-order chi connectivity index (χ0) is 61.4. The van der Waals surface area contributed by atoms with Crippen molar-refractivity contribution in [1.29, 1.82) is 0 Å². The van der Waals surface area contributed by atoms with Crippen LogP contribution in [-0.4, -0.2) is 76.5 Å². The molecule has 0 aliphatic carbocycles. The fourth-order valence-electron chi connectivity index (χ4n) is 14.5. The van der Waals surface area contributed by atoms with Crippen LogP contribution >= 0.6 is 49.6 Å². The highest BCUT2D eigenvalue weighted by Crippen LogP contribution is 2.47. The molecule has 98 heavy (non-hydrogen) atoms. The number of ether oxygens (including phenoxy) is 8. The molecule has 0 radical (unpaired) electrons. The molecule has 6 unspecified atom stereocenters. The number of methoxy groups -OCH3 is 4. The van der Waals surface area contributed by atoms with E-state index in [1.54, 1.807) is 28.4 Å². The van der Waals surface area contributed by atoms with Crippen molar-refractivity contribution in [3.05, 3.63) is 214 Å². The van der Waals surface area contributed by atoms with Crippen LogP contribution in [0.25, 0.3) is 0 Å². The van der Waals surface area contributed by atoms with E-state index >= 15 is 0 Å². The number of halogens is 4. The van der Waals surface area contributed by atoms with E-state index < -0.39 is 0 Å². The quantitative estimate of drug-likeness (QED) is 0.0320. The third-order valence-corrected chi connectivity index (χ3v) is 19.1. The van der Waals surface area contributed by atoms with Crippen molar-refractivity contribution in [3.8, 4) is 69.0 Å². The number of hydrogen-bond donors (Lipinski definition) is 4. The molecule has 8 aromatic rings. The monoisotopic (exact) mass is 1430 g/mol. The highest BCUT2D eigenvalue weighted by molar-refractivity contribution is 5.86. The lowest BCUT2D eigenvalue weighted by atomic mass is 9.78. The Labute approximate surface area is 603 Å². The maximum atomic E-state index is 6.62. The number of benzene rings is 8. The van der Waals surface area contributed by atoms with E-state index in [-0.39, 0.29) is 95.7 Å². The van der Waals surface area contributed by atoms with Gasteiger partial charge in [0.25, 0.3) is 0 Å². The van der Waals surface area contributed by atoms with E-state index in [2.05, 4.69) is 69.8 Å². The molecule has 8 aromatic carbocycles. The van der Waals surface area contributed by atoms with Crippen molar-refractivity contribution in [3.63, 3.8) is 0 Å². The SMILES string of the molecule is COc1cc2c(cc1Oc1ccccc1)C(CCCCC(CCCCC(CCCCC1NCCc3cc(OC)c(Oc4ccccc4)cc31)C1NCCc3cc(OC)c(Oc4ccccc4)cc31)C1NCCc3cc(OC)c(Oc4ccccc4)cc31)NCC2.Cl.Cl.Cl.Cl.O.O.O.O. The van der Waals surface area contributed by atoms with Crippen molar-refractivity contribution >= 4 is 49.6 Å². The van der Waals surface area contributed by atoms with Crippen molar-refractivity contribution in [2.75, 3.05) is 54.6 Å². The zero-order valence-electron chi connectivity index (χ0n) is 56.7. The lowest BCUT2D eigenvalue weighted by Gasteiger charge is -2.36. The molecule has 16 nitrogen and oxygen atoms in total. The molecule has 12 rings (SSSR count). The van der Waals surface area contributed by atoms with Crippen LogP contribution < -0.4 is 59.2 Å². The Kier molecular flexibility index (Phi) is 35.4. The van der Waals surface area contributed by atoms with Crippen LogP contribution in [0.3, 0.4) is 0 Å². The highest BCUT2D eigenvalue weighted by atomic mass is 35.5. The van der Waals surface area contributed by atoms with Crippen molar-refractivity contribution in [2.45, 2.75) is 127 Å². The molecule has 0 fully saturated rings. The first-order valence-electron chi connectivity index (χ1n) is 33.1. The van der Waals surface area contributed by atoms with Crippen LogP contribution in [-0.2, 0) is 25.7 Å². The third kappa shape index (κ3) is 20.8. The van der Waals surface area contributed by atoms with Gasteiger partial charge in [0.15, 0.2) is 46.0 Å². The molecule has 0 spiro atoms. The number of para-hydroxylation sites is 4. The van der Waals surface area contributed by atoms with Crippen molar-refractivity contribution < 1.29 is 59.8 Å². The molecular weight excluding hydrogens is 1330 g/mol. The van der Waals surface area contributed by atoms with Gasteiger partial charge in [0, 0.05) is 24.2 Å². The van der Waals surface area contributed by atoms with E-state index in [1.165, 1.54) is 44.5 Å². The Balaban J connectivity index is 0.00000255. The maximum absolute atomic E-state index is 6.62. The standard InChI is InChI=1S/C78H90N4O8.4ClH.4H2O/c1-83-69-45-55-37-41-79-67(63(55)49-73(69)87-59-27-9-5-10-28-59)35-21-19-25-53(77-65-51-75(89-61-31-13-7-14-32-61)71(85-3)47-57(65)39-43-81-77)23-17-18-24-54(78-66-52-76(90-62-33-15-8-16-34-62)72(86-4)48-58(66)40-44-82-78)26-20-22-36-68-64-50-74(88-60-29-11-6-12-30-60)70(84-2)46-56(64)38-42-80-68;;;;;;;;/h5-16,27-34,45-54,67-68,77-82H,17-26,35-44H2,1-4H3;4*1H;4*1H2. The summed E-state index contributed by atoms with van der Waals surface area (Å²) in [6, 6.07) is 58.9. The summed E-state index contributed by atoms with van der Waals surface area (Å²) in [6.07, 6.45) is 17.1. The summed E-state index contributed by atoms with van der Waals surface area (Å²) in [5.74, 6) is 10.1. The second-order valence-electron chi connectivity index (χ2n) is 24.7. The molecule has 0 amide bonds. The van der Waals surface area contributed by atoms with Gasteiger partial charge < -0.3 is 81.1 Å². The van der Waals surface area contributed by atoms with Crippen molar-refractivity contribution in [1.82, 2.24) is 21.3 Å². The largest absolute Gasteiger partial charge is 0.493 e. The summed E-state index contributed by atoms with van der Waals surface area (Å²) in [6.45, 7) is 3.72. The maximum Gasteiger partial charge on any atom is 0.169 e. The Morgan fingerprint density at radius 3 is 0.827 bits per heavy atom. The number of hydrogen-bond acceptors (Lipinski definition) is 12. The second kappa shape index (κ2) is 41.5. The van der Waals surface area contributed by atoms with Gasteiger partial charge in [-0.1, -0.05) is 111 Å². The molecule has 0 saturated carbocycles. The van der Waals surface area contributed by atoms with Crippen LogP contribution in [0.5, 0.6) is 69.0 Å². The van der Waals surface area contributed by atoms with Gasteiger partial charge in [-0.2, -0.15) is 0 Å². The first-order chi connectivity index (χ1) is 44.4. The fraction of sp³-hybridized carbons (Fsp3) is 0.385. The predicted octanol–water partition coefficient (Wildman–Crippen LogP) is 16.0. The Morgan fingerprint density at radius 1 is 0.306 bits per heavy atom. The number of unbranched alkanes of at least 4 members (excludes halogenated alkanes) is 3. The number of fused-ring (bicyclic) bond motifs is 4. The van der Waals surface area contributed by atoms with E-state index in [0.29, 0.717) is 11.8 Å². The molecule has 0 saturated heterocycles. The normalized spacial score (nSPS) is 16.7. The summed E-state index contributed by atoms with van der Waals surface area (Å²) < 4.78 is 50.0. The second-order valence-corrected chi connectivity index (χ2v) is 24.7. The topological polar surface area (TPSA) is 248 Å². The Bertz CT molecular complexity index is 3390. The van der Waals surface area contributed by atoms with Crippen LogP contribution in [0.1, 0.15) is 146 Å². The average molecular weight is 1430 g/mol. The first-order valence-corrected chi connectivity index (χ1v) is 33.1. The minimum Gasteiger partial charge on any atom is -0.493 e. The van der Waals surface area contributed by atoms with Gasteiger partial charge in [0.1, 0.15) is 23.0 Å². The summed E-state index contributed by atoms with van der Waals surface area (Å²) in [4.78, 5) is 0. The van der Waals surface area contributed by atoms with Gasteiger partial charge in [-0.05, 0) is 244 Å². The Hall–Kier alpha value is -7.00. The molecule has 0 aromatic heterocycles. The highest BCUT2D eigenvalue weighted by Gasteiger charge is 2.33. The van der Waals surface area contributed by atoms with E-state index in [0.717, 1.165) is 198 Å². The van der Waals surface area contributed by atoms with Crippen LogP contribution in [0.15, 0.2) is 170 Å². The molecule has 4 heterocycles. The van der Waals surface area contributed by atoms with Crippen LogP contribution in [0, 0.1) is 11.8 Å². The molecule has 0 bridgehead atoms. The molecule has 4 aliphatic rings. The molecular formula is C78H102Cl4N4O12. The van der Waals surface area contributed by atoms with Gasteiger partial charge in [0.05, 0.1) is 28.4 Å². The summed E-state index contributed by atoms with van der Waals surface area (Å²) in [7, 11) is 6.97. The first kappa shape index (κ1) is 83.4. The van der Waals surface area contributed by atoms with Crippen LogP contribution in [0.4, 0.5) is 0 Å². The molecule has 4 aliphatic heterocycles. The smallest absolute Gasteiger partial charge is 0.169 e.